The third kappa shape index (κ3) is 3.19. The van der Waals surface area contributed by atoms with Crippen LogP contribution in [-0.4, -0.2) is 15.0 Å². The van der Waals surface area contributed by atoms with Crippen LogP contribution in [-0.2, 0) is 0 Å². The number of rotatable bonds is 3. The van der Waals surface area contributed by atoms with Crippen molar-refractivity contribution in [1.82, 2.24) is 15.0 Å². The minimum Gasteiger partial charge on any atom is -0.340 e. The molecule has 0 spiro atoms. The molecule has 106 valence electrons. The fraction of sp³-hybridized carbons (Fsp3) is 0. The molecule has 2 heterocycles. The van der Waals surface area contributed by atoms with Crippen LogP contribution in [0.2, 0.25) is 5.15 Å². The van der Waals surface area contributed by atoms with Crippen LogP contribution in [0.4, 0.5) is 11.5 Å². The van der Waals surface area contributed by atoms with Gasteiger partial charge in [-0.1, -0.05) is 17.7 Å². The molecule has 0 aliphatic heterocycles. The monoisotopic (exact) mass is 307 g/mol. The molecule has 3 rings (SSSR count). The smallest absolute Gasteiger partial charge is 0.163 e. The summed E-state index contributed by atoms with van der Waals surface area (Å²) in [5.74, 6) is 1.07. The van der Waals surface area contributed by atoms with E-state index in [2.05, 4.69) is 26.3 Å². The SMILES string of the molecule is N#Cc1cccc(Nc2cc(Cl)nc(-c3ccncc3)n2)c1. The van der Waals surface area contributed by atoms with Crippen molar-refractivity contribution in [2.24, 2.45) is 0 Å². The number of halogens is 1. The van der Waals surface area contributed by atoms with Gasteiger partial charge in [0.15, 0.2) is 5.82 Å². The molecule has 0 aliphatic rings. The molecule has 0 amide bonds. The Morgan fingerprint density at radius 1 is 1.05 bits per heavy atom. The van der Waals surface area contributed by atoms with Gasteiger partial charge in [-0.25, -0.2) is 9.97 Å². The summed E-state index contributed by atoms with van der Waals surface area (Å²) >= 11 is 6.07. The maximum absolute atomic E-state index is 8.93. The Kier molecular flexibility index (Phi) is 3.95. The number of anilines is 2. The zero-order valence-corrected chi connectivity index (χ0v) is 12.1. The molecular weight excluding hydrogens is 298 g/mol. The molecule has 6 heteroatoms. The summed E-state index contributed by atoms with van der Waals surface area (Å²) in [6.45, 7) is 0. The molecular formula is C16H10ClN5. The van der Waals surface area contributed by atoms with Crippen molar-refractivity contribution in [3.63, 3.8) is 0 Å². The molecule has 2 aromatic heterocycles. The quantitative estimate of drug-likeness (QED) is 0.745. The van der Waals surface area contributed by atoms with Crippen molar-refractivity contribution in [1.29, 1.82) is 5.26 Å². The third-order valence-electron chi connectivity index (χ3n) is 2.90. The van der Waals surface area contributed by atoms with Gasteiger partial charge < -0.3 is 5.32 Å². The highest BCUT2D eigenvalue weighted by Gasteiger charge is 2.06. The number of hydrogen-bond acceptors (Lipinski definition) is 5. The number of benzene rings is 1. The molecule has 0 bridgehead atoms. The van der Waals surface area contributed by atoms with E-state index in [1.165, 1.54) is 0 Å². The Bertz CT molecular complexity index is 843. The summed E-state index contributed by atoms with van der Waals surface area (Å²) in [5, 5.41) is 12.4. The van der Waals surface area contributed by atoms with Gasteiger partial charge in [0.1, 0.15) is 11.0 Å². The molecule has 5 nitrogen and oxygen atoms in total. The number of aromatic nitrogens is 3. The van der Waals surface area contributed by atoms with Gasteiger partial charge in [0.2, 0.25) is 0 Å². The van der Waals surface area contributed by atoms with Gasteiger partial charge in [0.25, 0.3) is 0 Å². The van der Waals surface area contributed by atoms with Crippen LogP contribution < -0.4 is 5.32 Å². The fourth-order valence-corrected chi connectivity index (χ4v) is 2.11. The lowest BCUT2D eigenvalue weighted by molar-refractivity contribution is 1.17. The standard InChI is InChI=1S/C16H10ClN5/c17-14-9-15(20-13-3-1-2-11(8-13)10-18)22-16(21-14)12-4-6-19-7-5-12/h1-9H,(H,20,21,22). The normalized spacial score (nSPS) is 10.0. The summed E-state index contributed by atoms with van der Waals surface area (Å²) in [4.78, 5) is 12.6. The van der Waals surface area contributed by atoms with Crippen LogP contribution in [0.5, 0.6) is 0 Å². The third-order valence-corrected chi connectivity index (χ3v) is 3.09. The lowest BCUT2D eigenvalue weighted by atomic mass is 10.2. The highest BCUT2D eigenvalue weighted by atomic mass is 35.5. The van der Waals surface area contributed by atoms with Gasteiger partial charge in [0.05, 0.1) is 11.6 Å². The maximum Gasteiger partial charge on any atom is 0.163 e. The van der Waals surface area contributed by atoms with E-state index in [-0.39, 0.29) is 0 Å². The van der Waals surface area contributed by atoms with Gasteiger partial charge in [-0.05, 0) is 30.3 Å². The number of nitrogens with zero attached hydrogens (tertiary/aromatic N) is 4. The van der Waals surface area contributed by atoms with Crippen molar-refractivity contribution >= 4 is 23.1 Å². The summed E-state index contributed by atoms with van der Waals surface area (Å²) in [7, 11) is 0. The van der Waals surface area contributed by atoms with Crippen molar-refractivity contribution in [2.75, 3.05) is 5.32 Å². The zero-order valence-electron chi connectivity index (χ0n) is 11.4. The Balaban J connectivity index is 1.94. The first-order chi connectivity index (χ1) is 10.7. The number of pyridine rings is 1. The second kappa shape index (κ2) is 6.20. The lowest BCUT2D eigenvalue weighted by Gasteiger charge is -2.08. The molecule has 0 atom stereocenters. The number of hydrogen-bond donors (Lipinski definition) is 1. The molecule has 3 aromatic rings. The van der Waals surface area contributed by atoms with Crippen LogP contribution in [0, 0.1) is 11.3 Å². The molecule has 1 aromatic carbocycles. The molecule has 0 aliphatic carbocycles. The second-order valence-corrected chi connectivity index (χ2v) is 4.84. The Morgan fingerprint density at radius 3 is 2.64 bits per heavy atom. The van der Waals surface area contributed by atoms with Crippen LogP contribution in [0.25, 0.3) is 11.4 Å². The van der Waals surface area contributed by atoms with E-state index >= 15 is 0 Å². The van der Waals surface area contributed by atoms with Crippen molar-refractivity contribution in [3.8, 4) is 17.5 Å². The minimum absolute atomic E-state index is 0.334. The van der Waals surface area contributed by atoms with E-state index in [1.54, 1.807) is 36.7 Å². The van der Waals surface area contributed by atoms with Crippen LogP contribution >= 0.6 is 11.6 Å². The zero-order chi connectivity index (χ0) is 15.4. The summed E-state index contributed by atoms with van der Waals surface area (Å²) in [5.41, 5.74) is 2.15. The van der Waals surface area contributed by atoms with Crippen LogP contribution in [0.15, 0.2) is 54.9 Å². The largest absolute Gasteiger partial charge is 0.340 e. The lowest BCUT2D eigenvalue weighted by Crippen LogP contribution is -1.98. The van der Waals surface area contributed by atoms with Gasteiger partial charge in [-0.2, -0.15) is 5.26 Å². The van der Waals surface area contributed by atoms with E-state index in [4.69, 9.17) is 16.9 Å². The van der Waals surface area contributed by atoms with Gasteiger partial charge in [-0.15, -0.1) is 0 Å². The van der Waals surface area contributed by atoms with Gasteiger partial charge >= 0.3 is 0 Å². The molecule has 1 N–H and O–H groups in total. The predicted molar refractivity (Wildman–Crippen MR) is 84.7 cm³/mol. The van der Waals surface area contributed by atoms with E-state index in [9.17, 15) is 0 Å². The van der Waals surface area contributed by atoms with Crippen molar-refractivity contribution < 1.29 is 0 Å². The Hall–Kier alpha value is -2.97. The van der Waals surface area contributed by atoms with Crippen molar-refractivity contribution in [2.45, 2.75) is 0 Å². The Morgan fingerprint density at radius 2 is 1.86 bits per heavy atom. The van der Waals surface area contributed by atoms with E-state index in [1.807, 2.05) is 18.2 Å². The first kappa shape index (κ1) is 14.0. The second-order valence-electron chi connectivity index (χ2n) is 4.45. The molecule has 0 saturated heterocycles. The average molecular weight is 308 g/mol. The van der Waals surface area contributed by atoms with E-state index in [0.717, 1.165) is 11.3 Å². The predicted octanol–water partition coefficient (Wildman–Crippen LogP) is 3.81. The summed E-state index contributed by atoms with van der Waals surface area (Å²) in [6, 6.07) is 14.5. The maximum atomic E-state index is 8.93. The molecule has 22 heavy (non-hydrogen) atoms. The number of nitrogens with one attached hydrogen (secondary N) is 1. The van der Waals surface area contributed by atoms with E-state index < -0.39 is 0 Å². The van der Waals surface area contributed by atoms with Gasteiger partial charge in [-0.3, -0.25) is 4.98 Å². The van der Waals surface area contributed by atoms with Crippen molar-refractivity contribution in [3.05, 3.63) is 65.6 Å². The highest BCUT2D eigenvalue weighted by molar-refractivity contribution is 6.29. The highest BCUT2D eigenvalue weighted by Crippen LogP contribution is 2.22. The summed E-state index contributed by atoms with van der Waals surface area (Å²) < 4.78 is 0. The van der Waals surface area contributed by atoms with Crippen LogP contribution in [0.3, 0.4) is 0 Å². The Labute approximate surface area is 132 Å². The topological polar surface area (TPSA) is 74.5 Å². The summed E-state index contributed by atoms with van der Waals surface area (Å²) in [6.07, 6.45) is 3.34. The molecule has 0 saturated carbocycles. The molecule has 0 fully saturated rings. The number of nitriles is 1. The molecule has 0 unspecified atom stereocenters. The van der Waals surface area contributed by atoms with Crippen LogP contribution in [0.1, 0.15) is 5.56 Å². The first-order valence-corrected chi connectivity index (χ1v) is 6.84. The minimum atomic E-state index is 0.334. The first-order valence-electron chi connectivity index (χ1n) is 6.47. The molecule has 0 radical (unpaired) electrons. The average Bonchev–Trinajstić information content (AvgIpc) is 2.55. The van der Waals surface area contributed by atoms with Gasteiger partial charge in [0, 0.05) is 29.7 Å². The fourth-order valence-electron chi connectivity index (χ4n) is 1.93. The van der Waals surface area contributed by atoms with E-state index in [0.29, 0.717) is 22.4 Å².